The van der Waals surface area contributed by atoms with E-state index in [1.165, 1.54) is 6.42 Å². The van der Waals surface area contributed by atoms with Gasteiger partial charge in [0.25, 0.3) is 0 Å². The van der Waals surface area contributed by atoms with E-state index in [1.807, 2.05) is 12.1 Å². The Balaban J connectivity index is 1.78. The third kappa shape index (κ3) is 2.78. The van der Waals surface area contributed by atoms with Crippen molar-refractivity contribution >= 4 is 0 Å². The van der Waals surface area contributed by atoms with Crippen LogP contribution in [0.3, 0.4) is 0 Å². The first kappa shape index (κ1) is 14.1. The molecular formula is C16H21N3O2. The maximum atomic E-state index is 9.30. The van der Waals surface area contributed by atoms with Gasteiger partial charge in [0.15, 0.2) is 5.82 Å². The largest absolute Gasteiger partial charge is 0.508 e. The van der Waals surface area contributed by atoms with Gasteiger partial charge in [-0.2, -0.15) is 4.98 Å². The Bertz CT molecular complexity index is 608. The van der Waals surface area contributed by atoms with E-state index < -0.39 is 0 Å². The second-order valence-electron chi connectivity index (χ2n) is 6.13. The van der Waals surface area contributed by atoms with E-state index in [4.69, 9.17) is 10.3 Å². The van der Waals surface area contributed by atoms with Crippen molar-refractivity contribution in [3.8, 4) is 5.75 Å². The van der Waals surface area contributed by atoms with Gasteiger partial charge in [0.1, 0.15) is 5.75 Å². The van der Waals surface area contributed by atoms with Crippen LogP contribution in [0.1, 0.15) is 49.9 Å². The molecule has 0 saturated heterocycles. The number of aromatic nitrogens is 2. The number of hydrogen-bond acceptors (Lipinski definition) is 5. The van der Waals surface area contributed by atoms with Crippen molar-refractivity contribution in [3.05, 3.63) is 41.5 Å². The average Bonchev–Trinajstić information content (AvgIpc) is 2.94. The highest BCUT2D eigenvalue weighted by atomic mass is 16.5. The summed E-state index contributed by atoms with van der Waals surface area (Å²) in [5.41, 5.74) is 7.10. The number of nitrogens with zero attached hydrogens (tertiary/aromatic N) is 2. The lowest BCUT2D eigenvalue weighted by Crippen LogP contribution is -2.45. The monoisotopic (exact) mass is 287 g/mol. The molecule has 1 aliphatic rings. The maximum absolute atomic E-state index is 9.30. The van der Waals surface area contributed by atoms with Gasteiger partial charge in [0.2, 0.25) is 5.89 Å². The molecule has 5 heteroatoms. The molecule has 2 unspecified atom stereocenters. The van der Waals surface area contributed by atoms with Crippen molar-refractivity contribution in [3.63, 3.8) is 0 Å². The minimum absolute atomic E-state index is 0.0771. The Kier molecular flexibility index (Phi) is 3.68. The molecule has 3 N–H and O–H groups in total. The van der Waals surface area contributed by atoms with E-state index >= 15 is 0 Å². The second-order valence-corrected chi connectivity index (χ2v) is 6.13. The minimum Gasteiger partial charge on any atom is -0.508 e. The number of phenolic OH excluding ortho intramolecular Hbond substituents is 1. The first-order valence-electron chi connectivity index (χ1n) is 7.44. The zero-order valence-electron chi connectivity index (χ0n) is 12.2. The van der Waals surface area contributed by atoms with Crippen molar-refractivity contribution < 1.29 is 9.63 Å². The Labute approximate surface area is 124 Å². The molecule has 0 spiro atoms. The van der Waals surface area contributed by atoms with Gasteiger partial charge in [-0.15, -0.1) is 0 Å². The quantitative estimate of drug-likeness (QED) is 0.906. The summed E-state index contributed by atoms with van der Waals surface area (Å²) in [4.78, 5) is 4.55. The normalized spacial score (nSPS) is 25.9. The average molecular weight is 287 g/mol. The molecule has 3 rings (SSSR count). The van der Waals surface area contributed by atoms with Gasteiger partial charge in [-0.3, -0.25) is 0 Å². The van der Waals surface area contributed by atoms with E-state index in [1.54, 1.807) is 12.1 Å². The molecule has 5 nitrogen and oxygen atoms in total. The fourth-order valence-corrected chi connectivity index (χ4v) is 2.98. The van der Waals surface area contributed by atoms with Crippen LogP contribution in [-0.2, 0) is 11.8 Å². The van der Waals surface area contributed by atoms with Gasteiger partial charge in [-0.1, -0.05) is 30.1 Å². The summed E-state index contributed by atoms with van der Waals surface area (Å²) in [6, 6.07) is 7.12. The highest BCUT2D eigenvalue weighted by Gasteiger charge is 2.40. The van der Waals surface area contributed by atoms with Gasteiger partial charge in [0.05, 0.1) is 5.41 Å². The van der Waals surface area contributed by atoms with E-state index in [9.17, 15) is 5.11 Å². The predicted octanol–water partition coefficient (Wildman–Crippen LogP) is 2.52. The Morgan fingerprint density at radius 1 is 1.33 bits per heavy atom. The van der Waals surface area contributed by atoms with Crippen molar-refractivity contribution in [2.45, 2.75) is 50.5 Å². The van der Waals surface area contributed by atoms with Crippen molar-refractivity contribution in [2.75, 3.05) is 0 Å². The molecule has 0 bridgehead atoms. The fraction of sp³-hybridized carbons (Fsp3) is 0.500. The van der Waals surface area contributed by atoms with E-state index in [-0.39, 0.29) is 17.2 Å². The Morgan fingerprint density at radius 3 is 2.81 bits per heavy atom. The summed E-state index contributed by atoms with van der Waals surface area (Å²) >= 11 is 0. The van der Waals surface area contributed by atoms with Gasteiger partial charge in [-0.25, -0.2) is 0 Å². The lowest BCUT2D eigenvalue weighted by atomic mass is 9.72. The van der Waals surface area contributed by atoms with Crippen molar-refractivity contribution in [1.29, 1.82) is 0 Å². The van der Waals surface area contributed by atoms with E-state index in [2.05, 4.69) is 17.1 Å². The Hall–Kier alpha value is -1.88. The predicted molar refractivity (Wildman–Crippen MR) is 79.0 cm³/mol. The zero-order valence-corrected chi connectivity index (χ0v) is 12.2. The van der Waals surface area contributed by atoms with Crippen LogP contribution in [0, 0.1) is 0 Å². The molecule has 1 saturated carbocycles. The molecular weight excluding hydrogens is 266 g/mol. The molecule has 0 aliphatic heterocycles. The summed E-state index contributed by atoms with van der Waals surface area (Å²) in [7, 11) is 0. The van der Waals surface area contributed by atoms with Crippen LogP contribution < -0.4 is 5.73 Å². The summed E-state index contributed by atoms with van der Waals surface area (Å²) in [6.45, 7) is 2.12. The topological polar surface area (TPSA) is 85.2 Å². The first-order chi connectivity index (χ1) is 10.1. The lowest BCUT2D eigenvalue weighted by Gasteiger charge is -2.35. The molecule has 1 aromatic heterocycles. The van der Waals surface area contributed by atoms with Crippen LogP contribution in [-0.4, -0.2) is 21.3 Å². The number of hydrogen-bond donors (Lipinski definition) is 2. The lowest BCUT2D eigenvalue weighted by molar-refractivity contribution is 0.203. The number of phenols is 1. The molecule has 0 amide bonds. The zero-order chi connectivity index (χ0) is 14.9. The SMILES string of the molecule is CC1(c2nc(Cc3ccc(O)cc3)no2)CCCCC1N. The van der Waals surface area contributed by atoms with Gasteiger partial charge in [0, 0.05) is 12.5 Å². The molecule has 0 radical (unpaired) electrons. The summed E-state index contributed by atoms with van der Waals surface area (Å²) in [6.07, 6.45) is 4.92. The van der Waals surface area contributed by atoms with Gasteiger partial charge in [-0.05, 0) is 37.5 Å². The van der Waals surface area contributed by atoms with Crippen LogP contribution in [0.15, 0.2) is 28.8 Å². The molecule has 1 aliphatic carbocycles. The second kappa shape index (κ2) is 5.48. The third-order valence-electron chi connectivity index (χ3n) is 4.53. The molecule has 2 atom stereocenters. The Morgan fingerprint density at radius 2 is 2.10 bits per heavy atom. The number of rotatable bonds is 3. The molecule has 1 fully saturated rings. The van der Waals surface area contributed by atoms with Gasteiger partial charge >= 0.3 is 0 Å². The van der Waals surface area contributed by atoms with E-state index in [0.717, 1.165) is 24.8 Å². The van der Waals surface area contributed by atoms with Crippen LogP contribution in [0.2, 0.25) is 0 Å². The van der Waals surface area contributed by atoms with Crippen LogP contribution >= 0.6 is 0 Å². The number of aromatic hydroxyl groups is 1. The smallest absolute Gasteiger partial charge is 0.234 e. The standard InChI is InChI=1S/C16H21N3O2/c1-16(9-3-2-4-13(16)17)15-18-14(19-21-15)10-11-5-7-12(20)8-6-11/h5-8,13,20H,2-4,9-10,17H2,1H3. The molecule has 1 heterocycles. The molecule has 112 valence electrons. The third-order valence-corrected chi connectivity index (χ3v) is 4.53. The van der Waals surface area contributed by atoms with Crippen LogP contribution in [0.5, 0.6) is 5.75 Å². The van der Waals surface area contributed by atoms with Crippen molar-refractivity contribution in [2.24, 2.45) is 5.73 Å². The van der Waals surface area contributed by atoms with Crippen LogP contribution in [0.4, 0.5) is 0 Å². The van der Waals surface area contributed by atoms with Crippen molar-refractivity contribution in [1.82, 2.24) is 10.1 Å². The van der Waals surface area contributed by atoms with E-state index in [0.29, 0.717) is 18.1 Å². The fourth-order valence-electron chi connectivity index (χ4n) is 2.98. The number of nitrogens with two attached hydrogens (primary N) is 1. The molecule has 21 heavy (non-hydrogen) atoms. The summed E-state index contributed by atoms with van der Waals surface area (Å²) < 4.78 is 5.48. The molecule has 1 aromatic carbocycles. The summed E-state index contributed by atoms with van der Waals surface area (Å²) in [5, 5.41) is 13.4. The minimum atomic E-state index is -0.210. The number of benzene rings is 1. The highest BCUT2D eigenvalue weighted by Crippen LogP contribution is 2.37. The summed E-state index contributed by atoms with van der Waals surface area (Å²) in [5.74, 6) is 1.58. The van der Waals surface area contributed by atoms with Crippen LogP contribution in [0.25, 0.3) is 0 Å². The molecule has 2 aromatic rings. The van der Waals surface area contributed by atoms with Gasteiger partial charge < -0.3 is 15.4 Å². The highest BCUT2D eigenvalue weighted by molar-refractivity contribution is 5.27. The first-order valence-corrected chi connectivity index (χ1v) is 7.44. The maximum Gasteiger partial charge on any atom is 0.234 e.